The first-order valence-corrected chi connectivity index (χ1v) is 27.3. The summed E-state index contributed by atoms with van der Waals surface area (Å²) in [5.74, 6) is 27.7. The Balaban J connectivity index is 1.34. The van der Waals surface area contributed by atoms with Crippen LogP contribution in [0.15, 0.2) is 226 Å². The van der Waals surface area contributed by atoms with Crippen LogP contribution in [0.4, 0.5) is 0 Å². The van der Waals surface area contributed by atoms with E-state index in [9.17, 15) is 0 Å². The third-order valence-corrected chi connectivity index (χ3v) is 11.8. The molecule has 5 aromatic carbocycles. The summed E-state index contributed by atoms with van der Waals surface area (Å²) in [5.41, 5.74) is 12.5. The zero-order valence-electron chi connectivity index (χ0n) is 46.2. The maximum Gasteiger partial charge on any atom is 0.0415 e. The van der Waals surface area contributed by atoms with E-state index >= 15 is 0 Å². The van der Waals surface area contributed by atoms with E-state index in [1.54, 1.807) is 0 Å². The molecule has 0 N–H and O–H groups in total. The van der Waals surface area contributed by atoms with Crippen LogP contribution in [-0.4, -0.2) is 51.0 Å². The van der Waals surface area contributed by atoms with Crippen molar-refractivity contribution in [2.45, 2.75) is 79.1 Å². The zero-order valence-corrected chi connectivity index (χ0v) is 46.2. The van der Waals surface area contributed by atoms with Crippen molar-refractivity contribution in [1.29, 1.82) is 0 Å². The molecule has 0 amide bonds. The van der Waals surface area contributed by atoms with Crippen LogP contribution in [0.5, 0.6) is 0 Å². The van der Waals surface area contributed by atoms with Crippen molar-refractivity contribution >= 4 is 47.2 Å². The molecule has 4 heteroatoms. The van der Waals surface area contributed by atoms with Crippen LogP contribution in [0.1, 0.15) is 124 Å². The number of nitrogens with zero attached hydrogens (tertiary/aromatic N) is 4. The molecule has 0 heterocycles. The molecule has 0 radical (unpaired) electrons. The molecule has 0 spiro atoms. The molecular formula is C74H74N4. The van der Waals surface area contributed by atoms with Crippen molar-refractivity contribution in [3.63, 3.8) is 0 Å². The Hall–Kier alpha value is -9.06. The fraction of sp³-hybridized carbons (Fsp3) is 0.216. The van der Waals surface area contributed by atoms with E-state index in [-0.39, 0.29) is 0 Å². The molecule has 0 fully saturated rings. The summed E-state index contributed by atoms with van der Waals surface area (Å²) in [6.07, 6.45) is 38.5. The molecule has 0 saturated carbocycles. The van der Waals surface area contributed by atoms with Gasteiger partial charge in [-0.1, -0.05) is 229 Å². The minimum atomic E-state index is 0.672. The smallest absolute Gasteiger partial charge is 0.0415 e. The topological polar surface area (TPSA) is 49.4 Å². The first-order valence-electron chi connectivity index (χ1n) is 27.3. The monoisotopic (exact) mass is 1020 g/mol. The summed E-state index contributed by atoms with van der Waals surface area (Å²) in [6.45, 7) is 10.9. The number of hydrogen-bond donors (Lipinski definition) is 0. The lowest BCUT2D eigenvalue weighted by molar-refractivity contribution is 0.874. The van der Waals surface area contributed by atoms with Gasteiger partial charge in [0.15, 0.2) is 0 Å². The van der Waals surface area contributed by atoms with Gasteiger partial charge in [0.05, 0.1) is 0 Å². The fourth-order valence-electron chi connectivity index (χ4n) is 7.64. The predicted octanol–water partition coefficient (Wildman–Crippen LogP) is 17.1. The highest BCUT2D eigenvalue weighted by Crippen LogP contribution is 2.19. The maximum absolute atomic E-state index is 4.77. The summed E-state index contributed by atoms with van der Waals surface area (Å²) >= 11 is 0. The van der Waals surface area contributed by atoms with Crippen LogP contribution >= 0.6 is 0 Å². The van der Waals surface area contributed by atoms with E-state index < -0.39 is 0 Å². The Morgan fingerprint density at radius 2 is 0.654 bits per heavy atom. The van der Waals surface area contributed by atoms with Crippen LogP contribution in [0.2, 0.25) is 0 Å². The van der Waals surface area contributed by atoms with Gasteiger partial charge in [0.1, 0.15) is 0 Å². The highest BCUT2D eigenvalue weighted by Gasteiger charge is 2.06. The fourth-order valence-corrected chi connectivity index (χ4v) is 7.64. The highest BCUT2D eigenvalue weighted by molar-refractivity contribution is 6.10. The molecule has 5 rings (SSSR count). The highest BCUT2D eigenvalue weighted by atomic mass is 14.7. The number of benzene rings is 5. The van der Waals surface area contributed by atoms with Gasteiger partial charge in [-0.25, -0.2) is 0 Å². The summed E-state index contributed by atoms with van der Waals surface area (Å²) in [4.78, 5) is 18.8. The van der Waals surface area contributed by atoms with Crippen LogP contribution < -0.4 is 0 Å². The first-order chi connectivity index (χ1) is 38.6. The minimum Gasteiger partial charge on any atom is -0.293 e. The van der Waals surface area contributed by atoms with Crippen LogP contribution in [0, 0.1) is 47.4 Å². The number of rotatable bonds is 24. The standard InChI is InChI=1S/C74H74N4/c1-5-9-37-73(67-43-23-13-24-44-67)61-77-55-33-17-29-49-71-59-70(48-28-16-32-54-76-58-36-52-64(8-4)66-41-21-12-22-42-66)72(50-30-18-34-56-78-62-74(38-10-6-2)68-45-25-14-26-46-68)60-69(71)47-27-15-31-53-75-57-35-51-63(7-3)65-39-19-11-20-40-65/h5-14,19-26,35-46,51-52,57-62H,15-18,31-34,53-56H2,1-4H3/b9-5-,10-6-,51-35-,52-36-,63-7+,64-8+,73-37+,74-38+,75-57+,76-58+,77-61+,78-62+. The molecule has 0 unspecified atom stereocenters. The Labute approximate surface area is 468 Å². The summed E-state index contributed by atoms with van der Waals surface area (Å²) in [5, 5.41) is 0. The lowest BCUT2D eigenvalue weighted by atomic mass is 9.98. The van der Waals surface area contributed by atoms with Crippen molar-refractivity contribution in [1.82, 2.24) is 0 Å². The average Bonchev–Trinajstić information content (AvgIpc) is 3.49. The van der Waals surface area contributed by atoms with Crippen LogP contribution in [0.25, 0.3) is 22.3 Å². The number of hydrogen-bond acceptors (Lipinski definition) is 4. The number of aliphatic imine (C=N–C) groups is 4. The van der Waals surface area contributed by atoms with Crippen LogP contribution in [-0.2, 0) is 0 Å². The van der Waals surface area contributed by atoms with Gasteiger partial charge in [-0.15, -0.1) is 0 Å². The van der Waals surface area contributed by atoms with Gasteiger partial charge in [-0.05, 0) is 122 Å². The predicted molar refractivity (Wildman–Crippen MR) is 341 cm³/mol. The summed E-state index contributed by atoms with van der Waals surface area (Å²) < 4.78 is 0. The van der Waals surface area contributed by atoms with Crippen molar-refractivity contribution in [2.75, 3.05) is 26.2 Å². The zero-order chi connectivity index (χ0) is 54.8. The van der Waals surface area contributed by atoms with E-state index in [1.807, 2.05) is 99.4 Å². The Morgan fingerprint density at radius 1 is 0.359 bits per heavy atom. The van der Waals surface area contributed by atoms with Gasteiger partial charge < -0.3 is 0 Å². The molecule has 0 aromatic heterocycles. The van der Waals surface area contributed by atoms with E-state index in [0.29, 0.717) is 51.9 Å². The second-order valence-corrected chi connectivity index (χ2v) is 17.7. The number of unbranched alkanes of at least 4 members (excludes halogenated alkanes) is 4. The van der Waals surface area contributed by atoms with Gasteiger partial charge in [0, 0.05) is 99.0 Å². The Morgan fingerprint density at radius 3 is 0.949 bits per heavy atom. The lowest BCUT2D eigenvalue weighted by Gasteiger charge is -2.04. The molecule has 0 aliphatic rings. The SMILES string of the molecule is C\C=C/C=C(\C=N\CCCC#Cc1cc(C#CCCC/N=C/C=C\C(=C/C)c2ccccc2)c(C#CCCC/N=C/C(=C\C=C/C)c2ccccc2)cc1C#CCCC/N=C/C=C\C(=C/C)c1ccccc1)c1ccccc1. The van der Waals surface area contributed by atoms with Crippen LogP contribution in [0.3, 0.4) is 0 Å². The minimum absolute atomic E-state index is 0.672. The summed E-state index contributed by atoms with van der Waals surface area (Å²) in [6, 6.07) is 45.6. The van der Waals surface area contributed by atoms with E-state index in [0.717, 1.165) is 81.4 Å². The normalized spacial score (nSPS) is 12.5. The molecule has 390 valence electrons. The van der Waals surface area contributed by atoms with Crippen molar-refractivity contribution in [2.24, 2.45) is 20.0 Å². The van der Waals surface area contributed by atoms with Gasteiger partial charge in [0.2, 0.25) is 0 Å². The van der Waals surface area contributed by atoms with Crippen molar-refractivity contribution in [3.8, 4) is 47.4 Å². The van der Waals surface area contributed by atoms with Gasteiger partial charge >= 0.3 is 0 Å². The third kappa shape index (κ3) is 23.6. The Kier molecular flexibility index (Phi) is 29.5. The summed E-state index contributed by atoms with van der Waals surface area (Å²) in [7, 11) is 0. The van der Waals surface area contributed by atoms with Gasteiger partial charge in [-0.2, -0.15) is 0 Å². The molecule has 0 bridgehead atoms. The Bertz CT molecular complexity index is 3030. The average molecular weight is 1020 g/mol. The third-order valence-electron chi connectivity index (χ3n) is 11.8. The number of allylic oxidation sites excluding steroid dienone is 16. The quantitative estimate of drug-likeness (QED) is 0.0256. The molecule has 0 aliphatic heterocycles. The van der Waals surface area contributed by atoms with E-state index in [4.69, 9.17) is 9.98 Å². The molecule has 0 atom stereocenters. The molecule has 5 aromatic rings. The molecule has 0 saturated heterocycles. The lowest BCUT2D eigenvalue weighted by Crippen LogP contribution is -1.93. The second kappa shape index (κ2) is 38.5. The first kappa shape index (κ1) is 59.8. The van der Waals surface area contributed by atoms with Gasteiger partial charge in [-0.3, -0.25) is 20.0 Å². The van der Waals surface area contributed by atoms with Crippen molar-refractivity contribution in [3.05, 3.63) is 251 Å². The van der Waals surface area contributed by atoms with Crippen molar-refractivity contribution < 1.29 is 0 Å². The maximum atomic E-state index is 4.77. The van der Waals surface area contributed by atoms with E-state index in [1.165, 1.54) is 11.1 Å². The van der Waals surface area contributed by atoms with Gasteiger partial charge in [0.25, 0.3) is 0 Å². The van der Waals surface area contributed by atoms with E-state index in [2.05, 4.69) is 217 Å². The second-order valence-electron chi connectivity index (χ2n) is 17.7. The molecule has 4 nitrogen and oxygen atoms in total. The molecule has 78 heavy (non-hydrogen) atoms. The largest absolute Gasteiger partial charge is 0.293 e. The molecule has 0 aliphatic carbocycles. The molecular weight excluding hydrogens is 945 g/mol.